The number of methoxy groups -OCH3 is 1. The van der Waals surface area contributed by atoms with Crippen LogP contribution >= 0.6 is 11.6 Å². The third-order valence-electron chi connectivity index (χ3n) is 3.76. The van der Waals surface area contributed by atoms with Crippen molar-refractivity contribution in [1.82, 2.24) is 4.90 Å². The van der Waals surface area contributed by atoms with Crippen molar-refractivity contribution in [1.29, 1.82) is 0 Å². The maximum atomic E-state index is 12.4. The lowest BCUT2D eigenvalue weighted by molar-refractivity contribution is -0.134. The number of rotatable bonds is 4. The van der Waals surface area contributed by atoms with Crippen LogP contribution in [0.5, 0.6) is 5.75 Å². The average Bonchev–Trinajstić information content (AvgIpc) is 2.58. The number of hydrogen-bond donors (Lipinski definition) is 0. The number of halogens is 1. The molecule has 0 saturated heterocycles. The molecule has 2 aromatic carbocycles. The van der Waals surface area contributed by atoms with E-state index in [0.717, 1.165) is 11.1 Å². The van der Waals surface area contributed by atoms with E-state index in [1.54, 1.807) is 30.2 Å². The van der Waals surface area contributed by atoms with Gasteiger partial charge in [0.1, 0.15) is 5.75 Å². The maximum Gasteiger partial charge on any atom is 0.269 e. The molecule has 0 saturated carbocycles. The number of amidine groups is 1. The second-order valence-electron chi connectivity index (χ2n) is 5.50. The van der Waals surface area contributed by atoms with Crippen molar-refractivity contribution in [3.8, 4) is 5.75 Å². The smallest absolute Gasteiger partial charge is 0.269 e. The van der Waals surface area contributed by atoms with E-state index in [-0.39, 0.29) is 12.5 Å². The van der Waals surface area contributed by atoms with Gasteiger partial charge in [-0.3, -0.25) is 9.69 Å². The van der Waals surface area contributed by atoms with Crippen LogP contribution in [0.15, 0.2) is 47.6 Å². The molecule has 2 aromatic rings. The van der Waals surface area contributed by atoms with Crippen molar-refractivity contribution in [2.24, 2.45) is 5.16 Å². The summed E-state index contributed by atoms with van der Waals surface area (Å²) in [6.07, 6.45) is 0. The number of amides is 1. The van der Waals surface area contributed by atoms with Crippen molar-refractivity contribution < 1.29 is 14.4 Å². The lowest BCUT2D eigenvalue weighted by Crippen LogP contribution is -2.42. The minimum absolute atomic E-state index is 0.0851. The molecule has 0 radical (unpaired) electrons. The molecule has 3 rings (SSSR count). The monoisotopic (exact) mass is 344 g/mol. The van der Waals surface area contributed by atoms with Crippen molar-refractivity contribution >= 4 is 23.3 Å². The molecule has 0 aliphatic carbocycles. The van der Waals surface area contributed by atoms with Gasteiger partial charge >= 0.3 is 0 Å². The fourth-order valence-corrected chi connectivity index (χ4v) is 2.65. The Morgan fingerprint density at radius 3 is 2.71 bits per heavy atom. The number of hydrogen-bond acceptors (Lipinski definition) is 4. The molecule has 0 atom stereocenters. The van der Waals surface area contributed by atoms with Crippen LogP contribution in [0.2, 0.25) is 5.02 Å². The lowest BCUT2D eigenvalue weighted by Gasteiger charge is -2.27. The summed E-state index contributed by atoms with van der Waals surface area (Å²) < 4.78 is 5.37. The van der Waals surface area contributed by atoms with E-state index in [9.17, 15) is 4.79 Å². The van der Waals surface area contributed by atoms with Crippen LogP contribution in [0.4, 0.5) is 0 Å². The number of ether oxygens (including phenoxy) is 1. The van der Waals surface area contributed by atoms with Gasteiger partial charge in [-0.15, -0.1) is 0 Å². The van der Waals surface area contributed by atoms with Crippen molar-refractivity contribution in [2.75, 3.05) is 13.7 Å². The second-order valence-corrected chi connectivity index (χ2v) is 5.93. The summed E-state index contributed by atoms with van der Waals surface area (Å²) >= 11 is 6.10. The fraction of sp³-hybridized carbons (Fsp3) is 0.222. The molecular formula is C18H17ClN2O3. The SMILES string of the molecule is COc1ccc(Cl)cc1C1=NOCC(=O)N1Cc1ccc(C)cc1. The maximum absolute atomic E-state index is 12.4. The Morgan fingerprint density at radius 2 is 2.00 bits per heavy atom. The molecule has 6 heteroatoms. The molecule has 0 bridgehead atoms. The molecule has 24 heavy (non-hydrogen) atoms. The zero-order valence-corrected chi connectivity index (χ0v) is 14.2. The summed E-state index contributed by atoms with van der Waals surface area (Å²) in [5, 5.41) is 4.61. The third-order valence-corrected chi connectivity index (χ3v) is 3.99. The quantitative estimate of drug-likeness (QED) is 0.854. The van der Waals surface area contributed by atoms with Crippen LogP contribution < -0.4 is 4.74 Å². The van der Waals surface area contributed by atoms with Crippen LogP contribution in [0, 0.1) is 6.92 Å². The summed E-state index contributed by atoms with van der Waals surface area (Å²) in [4.78, 5) is 19.0. The normalized spacial score (nSPS) is 14.2. The summed E-state index contributed by atoms with van der Waals surface area (Å²) in [5.41, 5.74) is 2.78. The number of aryl methyl sites for hydroxylation is 1. The first-order valence-corrected chi connectivity index (χ1v) is 7.86. The van der Waals surface area contributed by atoms with Gasteiger partial charge in [-0.25, -0.2) is 0 Å². The molecule has 1 aliphatic rings. The highest BCUT2D eigenvalue weighted by Crippen LogP contribution is 2.26. The predicted octanol–water partition coefficient (Wildman–Crippen LogP) is 3.38. The van der Waals surface area contributed by atoms with Crippen molar-refractivity contribution in [3.05, 3.63) is 64.2 Å². The highest BCUT2D eigenvalue weighted by atomic mass is 35.5. The Morgan fingerprint density at radius 1 is 1.25 bits per heavy atom. The van der Waals surface area contributed by atoms with E-state index in [1.807, 2.05) is 31.2 Å². The number of carbonyl (C=O) groups excluding carboxylic acids is 1. The highest BCUT2D eigenvalue weighted by molar-refractivity contribution is 6.31. The van der Waals surface area contributed by atoms with Gasteiger partial charge in [-0.2, -0.15) is 0 Å². The van der Waals surface area contributed by atoms with E-state index in [1.165, 1.54) is 0 Å². The number of carbonyl (C=O) groups is 1. The van der Waals surface area contributed by atoms with Crippen LogP contribution in [0.1, 0.15) is 16.7 Å². The van der Waals surface area contributed by atoms with Crippen molar-refractivity contribution in [2.45, 2.75) is 13.5 Å². The summed E-state index contributed by atoms with van der Waals surface area (Å²) in [6.45, 7) is 2.34. The molecule has 1 heterocycles. The molecule has 0 fully saturated rings. The predicted molar refractivity (Wildman–Crippen MR) is 92.2 cm³/mol. The first-order chi connectivity index (χ1) is 11.6. The molecule has 1 aliphatic heterocycles. The standard InChI is InChI=1S/C18H17ClN2O3/c1-12-3-5-13(6-4-12)10-21-17(22)11-24-20-18(21)15-9-14(19)7-8-16(15)23-2/h3-9H,10-11H2,1-2H3. The van der Waals surface area contributed by atoms with Crippen LogP contribution in [0.25, 0.3) is 0 Å². The van der Waals surface area contributed by atoms with E-state index in [0.29, 0.717) is 28.7 Å². The Kier molecular flexibility index (Phi) is 4.71. The molecule has 0 N–H and O–H groups in total. The van der Waals surface area contributed by atoms with Gasteiger partial charge in [-0.05, 0) is 30.7 Å². The first-order valence-electron chi connectivity index (χ1n) is 7.48. The zero-order chi connectivity index (χ0) is 17.1. The molecular weight excluding hydrogens is 328 g/mol. The number of oxime groups is 1. The van der Waals surface area contributed by atoms with Crippen LogP contribution in [0.3, 0.4) is 0 Å². The van der Waals surface area contributed by atoms with Gasteiger partial charge in [0.25, 0.3) is 5.91 Å². The fourth-order valence-electron chi connectivity index (χ4n) is 2.48. The van der Waals surface area contributed by atoms with Gasteiger partial charge in [-0.1, -0.05) is 46.6 Å². The van der Waals surface area contributed by atoms with Crippen molar-refractivity contribution in [3.63, 3.8) is 0 Å². The minimum Gasteiger partial charge on any atom is -0.496 e. The third kappa shape index (κ3) is 3.36. The highest BCUT2D eigenvalue weighted by Gasteiger charge is 2.28. The Balaban J connectivity index is 1.98. The van der Waals surface area contributed by atoms with Gasteiger partial charge in [0.05, 0.1) is 19.2 Å². The number of nitrogens with zero attached hydrogens (tertiary/aromatic N) is 2. The topological polar surface area (TPSA) is 51.1 Å². The van der Waals surface area contributed by atoms with Crippen LogP contribution in [-0.2, 0) is 16.2 Å². The number of benzene rings is 2. The Labute approximate surface area is 145 Å². The van der Waals surface area contributed by atoms with E-state index >= 15 is 0 Å². The lowest BCUT2D eigenvalue weighted by atomic mass is 10.1. The molecule has 0 spiro atoms. The van der Waals surface area contributed by atoms with Crippen LogP contribution in [-0.4, -0.2) is 30.4 Å². The van der Waals surface area contributed by atoms with Gasteiger partial charge in [0.2, 0.25) is 0 Å². The largest absolute Gasteiger partial charge is 0.496 e. The molecule has 0 aromatic heterocycles. The van der Waals surface area contributed by atoms with Gasteiger partial charge in [0, 0.05) is 5.02 Å². The van der Waals surface area contributed by atoms with Gasteiger partial charge < -0.3 is 9.57 Å². The molecule has 5 nitrogen and oxygen atoms in total. The van der Waals surface area contributed by atoms with E-state index < -0.39 is 0 Å². The summed E-state index contributed by atoms with van der Waals surface area (Å²) in [5.74, 6) is 0.805. The summed E-state index contributed by atoms with van der Waals surface area (Å²) in [6, 6.07) is 13.2. The average molecular weight is 345 g/mol. The van der Waals surface area contributed by atoms with E-state index in [2.05, 4.69) is 5.16 Å². The molecule has 0 unspecified atom stereocenters. The minimum atomic E-state index is -0.164. The first kappa shape index (κ1) is 16.3. The second kappa shape index (κ2) is 6.93. The zero-order valence-electron chi connectivity index (χ0n) is 13.5. The van der Waals surface area contributed by atoms with E-state index in [4.69, 9.17) is 21.2 Å². The Bertz CT molecular complexity index is 787. The Hall–Kier alpha value is -2.53. The summed E-state index contributed by atoms with van der Waals surface area (Å²) in [7, 11) is 1.56. The van der Waals surface area contributed by atoms with Gasteiger partial charge in [0.15, 0.2) is 12.4 Å². The molecule has 124 valence electrons. The molecule has 1 amide bonds.